The lowest BCUT2D eigenvalue weighted by molar-refractivity contribution is -0.274. The molecule has 0 fully saturated rings. The van der Waals surface area contributed by atoms with Crippen LogP contribution in [-0.2, 0) is 21.7 Å². The van der Waals surface area contributed by atoms with E-state index in [4.69, 9.17) is 9.47 Å². The minimum Gasteiger partial charge on any atom is -0.497 e. The van der Waals surface area contributed by atoms with Gasteiger partial charge in [0.1, 0.15) is 28.8 Å². The predicted molar refractivity (Wildman–Crippen MR) is 271 cm³/mol. The first kappa shape index (κ1) is 61.8. The molecule has 4 nitrogen and oxygen atoms in total. The van der Waals surface area contributed by atoms with Gasteiger partial charge in [-0.15, -0.1) is 13.2 Å². The summed E-state index contributed by atoms with van der Waals surface area (Å²) < 4.78 is 103. The van der Waals surface area contributed by atoms with Crippen LogP contribution in [0.15, 0.2) is 121 Å². The van der Waals surface area contributed by atoms with E-state index in [0.717, 1.165) is 35.7 Å². The lowest BCUT2D eigenvalue weighted by Gasteiger charge is -2.19. The molecule has 0 atom stereocenters. The zero-order valence-corrected chi connectivity index (χ0v) is 44.1. The summed E-state index contributed by atoms with van der Waals surface area (Å²) in [6, 6.07) is 35.9. The lowest BCUT2D eigenvalue weighted by atomic mass is 9.87. The molecule has 0 saturated carbocycles. The van der Waals surface area contributed by atoms with E-state index in [1.165, 1.54) is 41.0 Å². The van der Waals surface area contributed by atoms with E-state index >= 15 is 0 Å². The standard InChI is InChI=1S/C15H24O.2C11H13F3O.C11H16O.C10H13F/c1-12(2)10-11-16-14-8-6-13(7-9-14)15(3,4)5;1-10(2,3)8-4-6-9(7-5-8)15-11(12,13)14;1-8(2)9-3-5-10(6-4-9)15-7-11(12,13)14;1-11(2,3)9-5-7-10(12-4)8-6-9;1-10(2,3)8-4-6-9(11)7-5-8/h6-9,12H,10-11H2,1-5H3;4-7H,1-3H3;3-6,8H,7H2,1-2H3;5-8H,1-4H3;4-7H,1-3H3. The number of benzene rings is 5. The molecule has 5 rings (SSSR count). The molecule has 0 radical (unpaired) electrons. The van der Waals surface area contributed by atoms with Crippen molar-refractivity contribution in [3.8, 4) is 23.0 Å². The van der Waals surface area contributed by atoms with Crippen LogP contribution in [0.2, 0.25) is 0 Å². The summed E-state index contributed by atoms with van der Waals surface area (Å²) in [5.74, 6) is 2.86. The van der Waals surface area contributed by atoms with Crippen LogP contribution < -0.4 is 18.9 Å². The van der Waals surface area contributed by atoms with Gasteiger partial charge >= 0.3 is 12.5 Å². The molecule has 0 heterocycles. The zero-order valence-electron chi connectivity index (χ0n) is 44.1. The molecule has 0 spiro atoms. The van der Waals surface area contributed by atoms with Gasteiger partial charge in [-0.25, -0.2) is 4.39 Å². The molecule has 0 N–H and O–H groups in total. The van der Waals surface area contributed by atoms with Crippen molar-refractivity contribution in [1.29, 1.82) is 0 Å². The van der Waals surface area contributed by atoms with Gasteiger partial charge in [-0.05, 0) is 128 Å². The van der Waals surface area contributed by atoms with Gasteiger partial charge in [0.25, 0.3) is 0 Å². The number of methoxy groups -OCH3 is 1. The molecular weight excluding hydrogens is 894 g/mol. The van der Waals surface area contributed by atoms with Crippen LogP contribution in [-0.4, -0.2) is 32.9 Å². The predicted octanol–water partition coefficient (Wildman–Crippen LogP) is 18.2. The maximum absolute atomic E-state index is 12.5. The minimum atomic E-state index is -4.62. The van der Waals surface area contributed by atoms with Crippen molar-refractivity contribution in [1.82, 2.24) is 0 Å². The third-order valence-electron chi connectivity index (χ3n) is 10.3. The van der Waals surface area contributed by atoms with E-state index < -0.39 is 19.1 Å². The summed E-state index contributed by atoms with van der Waals surface area (Å²) in [7, 11) is 1.69. The van der Waals surface area contributed by atoms with E-state index in [9.17, 15) is 30.7 Å². The van der Waals surface area contributed by atoms with E-state index in [1.54, 1.807) is 43.5 Å². The Morgan fingerprint density at radius 3 is 1.04 bits per heavy atom. The Labute approximate surface area is 410 Å². The van der Waals surface area contributed by atoms with Crippen molar-refractivity contribution >= 4 is 0 Å². The summed E-state index contributed by atoms with van der Waals surface area (Å²) >= 11 is 0. The number of hydrogen-bond acceptors (Lipinski definition) is 4. The Morgan fingerprint density at radius 1 is 0.420 bits per heavy atom. The largest absolute Gasteiger partial charge is 0.573 e. The van der Waals surface area contributed by atoms with Crippen LogP contribution in [0, 0.1) is 11.7 Å². The molecule has 0 amide bonds. The highest BCUT2D eigenvalue weighted by molar-refractivity contribution is 5.33. The first-order valence-electron chi connectivity index (χ1n) is 23.3. The average molecular weight is 973 g/mol. The zero-order chi connectivity index (χ0) is 53.0. The van der Waals surface area contributed by atoms with E-state index in [0.29, 0.717) is 11.8 Å². The normalized spacial score (nSPS) is 11.9. The van der Waals surface area contributed by atoms with Gasteiger partial charge in [-0.2, -0.15) is 13.2 Å². The molecule has 0 aliphatic carbocycles. The number of alkyl halides is 6. The fraction of sp³-hybridized carbons (Fsp3) is 0.483. The van der Waals surface area contributed by atoms with E-state index in [1.807, 2.05) is 58.9 Å². The third kappa shape index (κ3) is 27.6. The topological polar surface area (TPSA) is 36.9 Å². The van der Waals surface area contributed by atoms with Gasteiger partial charge in [-0.1, -0.05) is 171 Å². The van der Waals surface area contributed by atoms with Crippen molar-refractivity contribution in [3.05, 3.63) is 155 Å². The summed E-state index contributed by atoms with van der Waals surface area (Å²) in [5, 5.41) is 0. The molecule has 0 aliphatic rings. The molecule has 0 unspecified atom stereocenters. The van der Waals surface area contributed by atoms with E-state index in [2.05, 4.69) is 122 Å². The molecular formula is C58H79F7O4. The monoisotopic (exact) mass is 973 g/mol. The number of hydrogen-bond donors (Lipinski definition) is 0. The van der Waals surface area contributed by atoms with Crippen LogP contribution in [0.3, 0.4) is 0 Å². The molecule has 0 bridgehead atoms. The number of rotatable bonds is 9. The van der Waals surface area contributed by atoms with Crippen LogP contribution in [0.5, 0.6) is 23.0 Å². The SMILES string of the molecule is CC(C)(C)c1ccc(F)cc1.CC(C)(C)c1ccc(OC(F)(F)F)cc1.CC(C)CCOc1ccc(C(C)(C)C)cc1.CC(C)c1ccc(OCC(F)(F)F)cc1.COc1ccc(C(C)(C)C)cc1. The Morgan fingerprint density at radius 2 is 0.739 bits per heavy atom. The highest BCUT2D eigenvalue weighted by atomic mass is 19.4. The molecule has 0 aromatic heterocycles. The quantitative estimate of drug-likeness (QED) is 0.138. The first-order chi connectivity index (χ1) is 31.5. The smallest absolute Gasteiger partial charge is 0.497 e. The van der Waals surface area contributed by atoms with Gasteiger partial charge in [0.15, 0.2) is 6.61 Å². The van der Waals surface area contributed by atoms with Gasteiger partial charge in [0, 0.05) is 0 Å². The van der Waals surface area contributed by atoms with E-state index in [-0.39, 0.29) is 39.0 Å². The first-order valence-corrected chi connectivity index (χ1v) is 23.3. The fourth-order valence-electron chi connectivity index (χ4n) is 5.78. The molecule has 5 aromatic rings. The van der Waals surface area contributed by atoms with Crippen LogP contribution in [0.25, 0.3) is 0 Å². The molecule has 384 valence electrons. The van der Waals surface area contributed by atoms with Gasteiger partial charge in [-0.3, -0.25) is 0 Å². The summed E-state index contributed by atoms with van der Waals surface area (Å²) in [6.45, 7) is 33.6. The van der Waals surface area contributed by atoms with Crippen molar-refractivity contribution in [2.45, 2.75) is 157 Å². The fourth-order valence-corrected chi connectivity index (χ4v) is 5.78. The highest BCUT2D eigenvalue weighted by Crippen LogP contribution is 2.29. The average Bonchev–Trinajstić information content (AvgIpc) is 3.22. The second-order valence-electron chi connectivity index (χ2n) is 21.5. The van der Waals surface area contributed by atoms with Crippen molar-refractivity contribution in [3.63, 3.8) is 0 Å². The summed E-state index contributed by atoms with van der Waals surface area (Å²) in [6.07, 6.45) is -7.79. The highest BCUT2D eigenvalue weighted by Gasteiger charge is 2.31. The lowest BCUT2D eigenvalue weighted by Crippen LogP contribution is -2.19. The molecule has 11 heteroatoms. The Kier molecular flexibility index (Phi) is 24.4. The second-order valence-corrected chi connectivity index (χ2v) is 21.5. The van der Waals surface area contributed by atoms with Crippen LogP contribution in [0.4, 0.5) is 30.7 Å². The number of halogens is 7. The van der Waals surface area contributed by atoms with Crippen molar-refractivity contribution in [2.75, 3.05) is 20.3 Å². The van der Waals surface area contributed by atoms with Crippen LogP contribution >= 0.6 is 0 Å². The van der Waals surface area contributed by atoms with Gasteiger partial charge < -0.3 is 18.9 Å². The minimum absolute atomic E-state index is 0.0727. The molecule has 0 saturated heterocycles. The van der Waals surface area contributed by atoms with Gasteiger partial charge in [0.05, 0.1) is 13.7 Å². The molecule has 0 aliphatic heterocycles. The van der Waals surface area contributed by atoms with Crippen molar-refractivity contribution in [2.24, 2.45) is 5.92 Å². The maximum atomic E-state index is 12.5. The van der Waals surface area contributed by atoms with Gasteiger partial charge in [0.2, 0.25) is 0 Å². The van der Waals surface area contributed by atoms with Crippen molar-refractivity contribution < 1.29 is 49.7 Å². The third-order valence-corrected chi connectivity index (χ3v) is 10.3. The Bertz CT molecular complexity index is 2130. The van der Waals surface area contributed by atoms with Crippen LogP contribution in [0.1, 0.15) is 151 Å². The number of ether oxygens (including phenoxy) is 4. The summed E-state index contributed by atoms with van der Waals surface area (Å²) in [5.41, 5.74) is 6.39. The summed E-state index contributed by atoms with van der Waals surface area (Å²) in [4.78, 5) is 0. The Balaban J connectivity index is 0.000000434. The molecule has 69 heavy (non-hydrogen) atoms. The second kappa shape index (κ2) is 27.3. The maximum Gasteiger partial charge on any atom is 0.573 e. The Hall–Kier alpha value is -5.19. The molecule has 5 aromatic carbocycles.